The summed E-state index contributed by atoms with van der Waals surface area (Å²) >= 11 is 8.92. The fraction of sp³-hybridized carbons (Fsp3) is 0.0588. The van der Waals surface area contributed by atoms with Crippen molar-refractivity contribution in [2.75, 3.05) is 0 Å². The molecule has 0 atom stereocenters. The van der Waals surface area contributed by atoms with E-state index in [1.54, 1.807) is 17.4 Å². The van der Waals surface area contributed by atoms with Gasteiger partial charge in [-0.05, 0) is 29.7 Å². The van der Waals surface area contributed by atoms with Crippen LogP contribution in [0.15, 0.2) is 46.9 Å². The number of esters is 1. The number of rotatable bonds is 3. The smallest absolute Gasteiger partial charge is 0.322 e. The fourth-order valence-corrected chi connectivity index (χ4v) is 4.30. The van der Waals surface area contributed by atoms with E-state index in [-0.39, 0.29) is 5.95 Å². The van der Waals surface area contributed by atoms with Crippen LogP contribution in [0.3, 0.4) is 0 Å². The van der Waals surface area contributed by atoms with Gasteiger partial charge in [-0.1, -0.05) is 29.8 Å². The number of oxazole rings is 1. The Balaban J connectivity index is 1.84. The first-order valence-corrected chi connectivity index (χ1v) is 9.05. The highest BCUT2D eigenvalue weighted by Crippen LogP contribution is 2.41. The summed E-state index contributed by atoms with van der Waals surface area (Å²) in [4.78, 5) is 17.5. The van der Waals surface area contributed by atoms with Gasteiger partial charge >= 0.3 is 11.9 Å². The van der Waals surface area contributed by atoms with E-state index in [9.17, 15) is 4.79 Å². The largest absolute Gasteiger partial charge is 0.404 e. The van der Waals surface area contributed by atoms with Crippen LogP contribution in [0.1, 0.15) is 6.92 Å². The second-order valence-corrected chi connectivity index (χ2v) is 7.80. The monoisotopic (exact) mass is 375 g/mol. The molecule has 0 aliphatic rings. The zero-order valence-electron chi connectivity index (χ0n) is 12.4. The number of benzene rings is 1. The average Bonchev–Trinajstić information content (AvgIpc) is 3.23. The van der Waals surface area contributed by atoms with Gasteiger partial charge in [-0.25, -0.2) is 4.98 Å². The van der Waals surface area contributed by atoms with Crippen LogP contribution in [0.5, 0.6) is 5.95 Å². The molecule has 0 spiro atoms. The molecule has 4 rings (SSSR count). The molecule has 0 aliphatic carbocycles. The molecule has 0 radical (unpaired) electrons. The standard InChI is InChI=1S/C17H10ClNO3S2/c1-9(20)21-17-15(12-6-7-14(18)24-12)19-16(22-17)13-8-10-4-2-3-5-11(10)23-13/h2-8H,1H3. The van der Waals surface area contributed by atoms with Crippen LogP contribution >= 0.6 is 34.3 Å². The molecular formula is C17H10ClNO3S2. The highest BCUT2D eigenvalue weighted by Gasteiger charge is 2.21. The van der Waals surface area contributed by atoms with E-state index in [0.717, 1.165) is 19.8 Å². The zero-order chi connectivity index (χ0) is 16.7. The van der Waals surface area contributed by atoms with Crippen molar-refractivity contribution >= 4 is 50.3 Å². The summed E-state index contributed by atoms with van der Waals surface area (Å²) in [7, 11) is 0. The third-order valence-electron chi connectivity index (χ3n) is 3.28. The van der Waals surface area contributed by atoms with Crippen molar-refractivity contribution < 1.29 is 13.9 Å². The van der Waals surface area contributed by atoms with E-state index >= 15 is 0 Å². The van der Waals surface area contributed by atoms with E-state index in [2.05, 4.69) is 4.98 Å². The van der Waals surface area contributed by atoms with Gasteiger partial charge in [0.2, 0.25) is 5.89 Å². The van der Waals surface area contributed by atoms with Gasteiger partial charge < -0.3 is 9.15 Å². The van der Waals surface area contributed by atoms with Crippen LogP contribution in [0, 0.1) is 0 Å². The van der Waals surface area contributed by atoms with Gasteiger partial charge in [0.05, 0.1) is 14.1 Å². The second-order valence-electron chi connectivity index (χ2n) is 5.00. The molecule has 4 aromatic rings. The first-order chi connectivity index (χ1) is 11.6. The van der Waals surface area contributed by atoms with Gasteiger partial charge in [0.1, 0.15) is 0 Å². The molecular weight excluding hydrogens is 366 g/mol. The van der Waals surface area contributed by atoms with E-state index < -0.39 is 5.97 Å². The van der Waals surface area contributed by atoms with Gasteiger partial charge in [0.15, 0.2) is 5.69 Å². The molecule has 0 aliphatic heterocycles. The molecule has 7 heteroatoms. The first-order valence-electron chi connectivity index (χ1n) is 7.04. The molecule has 0 saturated heterocycles. The van der Waals surface area contributed by atoms with Gasteiger partial charge in [-0.3, -0.25) is 4.79 Å². The van der Waals surface area contributed by atoms with E-state index in [1.807, 2.05) is 36.4 Å². The number of hydrogen-bond acceptors (Lipinski definition) is 6. The minimum atomic E-state index is -0.460. The van der Waals surface area contributed by atoms with Gasteiger partial charge in [-0.15, -0.1) is 22.7 Å². The minimum absolute atomic E-state index is 0.0912. The molecule has 0 bridgehead atoms. The summed E-state index contributed by atoms with van der Waals surface area (Å²) in [6.45, 7) is 1.33. The van der Waals surface area contributed by atoms with Gasteiger partial charge in [-0.2, -0.15) is 0 Å². The van der Waals surface area contributed by atoms with Crippen molar-refractivity contribution in [2.24, 2.45) is 0 Å². The van der Waals surface area contributed by atoms with E-state index in [1.165, 1.54) is 18.3 Å². The number of aromatic nitrogens is 1. The molecule has 120 valence electrons. The quantitative estimate of drug-likeness (QED) is 0.420. The molecule has 24 heavy (non-hydrogen) atoms. The van der Waals surface area contributed by atoms with Crippen LogP contribution < -0.4 is 4.74 Å². The first kappa shape index (κ1) is 15.4. The minimum Gasteiger partial charge on any atom is -0.404 e. The molecule has 1 aromatic carbocycles. The highest BCUT2D eigenvalue weighted by molar-refractivity contribution is 7.22. The van der Waals surface area contributed by atoms with Crippen LogP contribution in [0.25, 0.3) is 31.4 Å². The predicted molar refractivity (Wildman–Crippen MR) is 97.0 cm³/mol. The summed E-state index contributed by atoms with van der Waals surface area (Å²) in [6, 6.07) is 13.7. The fourth-order valence-electron chi connectivity index (χ4n) is 2.30. The van der Waals surface area contributed by atoms with Gasteiger partial charge in [0.25, 0.3) is 0 Å². The molecule has 0 fully saturated rings. The van der Waals surface area contributed by atoms with E-state index in [0.29, 0.717) is 15.9 Å². The SMILES string of the molecule is CC(=O)Oc1oc(-c2cc3ccccc3s2)nc1-c1ccc(Cl)s1. The lowest BCUT2D eigenvalue weighted by molar-refractivity contribution is -0.132. The van der Waals surface area contributed by atoms with E-state index in [4.69, 9.17) is 20.8 Å². The van der Waals surface area contributed by atoms with Crippen LogP contribution in [0.2, 0.25) is 4.34 Å². The maximum absolute atomic E-state index is 11.4. The van der Waals surface area contributed by atoms with Crippen molar-refractivity contribution in [2.45, 2.75) is 6.92 Å². The molecule has 0 N–H and O–H groups in total. The maximum Gasteiger partial charge on any atom is 0.322 e. The predicted octanol–water partition coefficient (Wildman–Crippen LogP) is 5.86. The summed E-state index contributed by atoms with van der Waals surface area (Å²) < 4.78 is 12.7. The summed E-state index contributed by atoms with van der Waals surface area (Å²) in [6.07, 6.45) is 0. The van der Waals surface area contributed by atoms with Crippen molar-refractivity contribution in [3.05, 3.63) is 46.8 Å². The Hall–Kier alpha value is -2.15. The van der Waals surface area contributed by atoms with Crippen molar-refractivity contribution in [1.29, 1.82) is 0 Å². The number of carbonyl (C=O) groups excluding carboxylic acids is 1. The number of halogens is 1. The average molecular weight is 376 g/mol. The Bertz CT molecular complexity index is 1010. The topological polar surface area (TPSA) is 52.3 Å². The number of hydrogen-bond donors (Lipinski definition) is 0. The highest BCUT2D eigenvalue weighted by atomic mass is 35.5. The third kappa shape index (κ3) is 2.84. The Morgan fingerprint density at radius 2 is 2.00 bits per heavy atom. The second kappa shape index (κ2) is 6.05. The molecule has 0 amide bonds. The summed E-state index contributed by atoms with van der Waals surface area (Å²) in [5.41, 5.74) is 0.481. The van der Waals surface area contributed by atoms with Crippen molar-refractivity contribution in [1.82, 2.24) is 4.98 Å². The lowest BCUT2D eigenvalue weighted by atomic mass is 10.2. The third-order valence-corrected chi connectivity index (χ3v) is 5.62. The van der Waals surface area contributed by atoms with Gasteiger partial charge in [0, 0.05) is 11.6 Å². The lowest BCUT2D eigenvalue weighted by Crippen LogP contribution is -2.01. The van der Waals surface area contributed by atoms with Crippen LogP contribution in [-0.4, -0.2) is 11.0 Å². The Labute approximate surface area is 150 Å². The Kier molecular flexibility index (Phi) is 3.88. The number of nitrogens with zero attached hydrogens (tertiary/aromatic N) is 1. The molecule has 0 unspecified atom stereocenters. The molecule has 3 aromatic heterocycles. The van der Waals surface area contributed by atoms with Crippen LogP contribution in [-0.2, 0) is 4.79 Å². The number of carbonyl (C=O) groups is 1. The summed E-state index contributed by atoms with van der Waals surface area (Å²) in [5.74, 6) is 0.0541. The summed E-state index contributed by atoms with van der Waals surface area (Å²) in [5, 5.41) is 1.12. The Morgan fingerprint density at radius 1 is 1.17 bits per heavy atom. The number of thiophene rings is 2. The number of ether oxygens (including phenoxy) is 1. The normalized spacial score (nSPS) is 11.1. The molecule has 0 saturated carbocycles. The Morgan fingerprint density at radius 3 is 2.71 bits per heavy atom. The molecule has 4 nitrogen and oxygen atoms in total. The van der Waals surface area contributed by atoms with Crippen molar-refractivity contribution in [3.63, 3.8) is 0 Å². The zero-order valence-corrected chi connectivity index (χ0v) is 14.8. The number of fused-ring (bicyclic) bond motifs is 1. The molecule has 3 heterocycles. The maximum atomic E-state index is 11.4. The van der Waals surface area contributed by atoms with Crippen molar-refractivity contribution in [3.8, 4) is 27.3 Å². The lowest BCUT2D eigenvalue weighted by Gasteiger charge is -1.96. The van der Waals surface area contributed by atoms with Crippen LogP contribution in [0.4, 0.5) is 0 Å².